The highest BCUT2D eigenvalue weighted by molar-refractivity contribution is 5.77. The van der Waals surface area contributed by atoms with E-state index in [0.29, 0.717) is 35.0 Å². The van der Waals surface area contributed by atoms with E-state index in [0.717, 1.165) is 50.4 Å². The van der Waals surface area contributed by atoms with Crippen LogP contribution in [0.4, 0.5) is 17.3 Å². The van der Waals surface area contributed by atoms with Crippen LogP contribution in [0.15, 0.2) is 60.0 Å². The van der Waals surface area contributed by atoms with E-state index < -0.39 is 5.54 Å². The number of likely N-dealkylation sites (N-methyl/N-ethyl adjacent to an activating group) is 1. The number of fused-ring (bicyclic) bond motifs is 2. The fraction of sp³-hybridized carbons (Fsp3) is 0.400. The lowest BCUT2D eigenvalue weighted by molar-refractivity contribution is 0.119. The molecular formula is C30H35N9O2. The third-order valence-electron chi connectivity index (χ3n) is 8.83. The number of piperazine rings is 1. The Morgan fingerprint density at radius 3 is 2.54 bits per heavy atom. The number of ether oxygens (including phenoxy) is 1. The molecule has 11 heteroatoms. The molecule has 0 amide bonds. The molecule has 4 aromatic rings. The monoisotopic (exact) mass is 553 g/mol. The van der Waals surface area contributed by atoms with E-state index in [9.17, 15) is 4.79 Å². The Kier molecular flexibility index (Phi) is 5.91. The molecule has 1 atom stereocenters. The molecule has 7 rings (SSSR count). The van der Waals surface area contributed by atoms with Crippen LogP contribution in [0.25, 0.3) is 16.9 Å². The van der Waals surface area contributed by atoms with Gasteiger partial charge in [-0.2, -0.15) is 4.98 Å². The van der Waals surface area contributed by atoms with Crippen LogP contribution >= 0.6 is 0 Å². The van der Waals surface area contributed by atoms with Crippen molar-refractivity contribution in [2.45, 2.75) is 43.9 Å². The van der Waals surface area contributed by atoms with Crippen molar-refractivity contribution in [1.29, 1.82) is 0 Å². The lowest BCUT2D eigenvalue weighted by atomic mass is 9.86. The summed E-state index contributed by atoms with van der Waals surface area (Å²) in [4.78, 5) is 32.4. The van der Waals surface area contributed by atoms with Crippen LogP contribution in [0.2, 0.25) is 0 Å². The van der Waals surface area contributed by atoms with Gasteiger partial charge in [0.25, 0.3) is 5.56 Å². The fourth-order valence-electron chi connectivity index (χ4n) is 6.18. The molecule has 1 aliphatic carbocycles. The first-order valence-electron chi connectivity index (χ1n) is 14.3. The molecular weight excluding hydrogens is 518 g/mol. The SMILES string of the molecule is C=CCn1c(=O)c2cnc(Nc3ccc(N4CCN(C)CC4)cc3)nc2n1-c1ccc2c(n1)C(N)(CC)C1(CC1)O2. The summed E-state index contributed by atoms with van der Waals surface area (Å²) in [5.41, 5.74) is 8.88. The minimum absolute atomic E-state index is 0.213. The zero-order valence-corrected chi connectivity index (χ0v) is 23.5. The topological polar surface area (TPSA) is 119 Å². The molecule has 0 radical (unpaired) electrons. The van der Waals surface area contributed by atoms with Gasteiger partial charge in [0.15, 0.2) is 11.5 Å². The lowest BCUT2D eigenvalue weighted by Crippen LogP contribution is -2.48. The van der Waals surface area contributed by atoms with Crippen molar-refractivity contribution >= 4 is 28.4 Å². The Morgan fingerprint density at radius 2 is 1.85 bits per heavy atom. The van der Waals surface area contributed by atoms with Gasteiger partial charge in [-0.05, 0) is 62.7 Å². The molecule has 2 aliphatic heterocycles. The van der Waals surface area contributed by atoms with E-state index >= 15 is 0 Å². The van der Waals surface area contributed by atoms with Gasteiger partial charge < -0.3 is 25.6 Å². The molecule has 0 bridgehead atoms. The quantitative estimate of drug-likeness (QED) is 0.333. The Balaban J connectivity index is 1.25. The van der Waals surface area contributed by atoms with Gasteiger partial charge in [-0.3, -0.25) is 4.79 Å². The second-order valence-electron chi connectivity index (χ2n) is 11.3. The van der Waals surface area contributed by atoms with E-state index in [1.54, 1.807) is 21.6 Å². The maximum Gasteiger partial charge on any atom is 0.278 e. The normalized spacial score (nSPS) is 21.2. The lowest BCUT2D eigenvalue weighted by Gasteiger charge is -2.34. The van der Waals surface area contributed by atoms with Crippen molar-refractivity contribution in [3.63, 3.8) is 0 Å². The zero-order valence-electron chi connectivity index (χ0n) is 23.5. The predicted molar refractivity (Wildman–Crippen MR) is 159 cm³/mol. The van der Waals surface area contributed by atoms with E-state index in [1.807, 2.05) is 24.3 Å². The van der Waals surface area contributed by atoms with Crippen molar-refractivity contribution < 1.29 is 4.74 Å². The average Bonchev–Trinajstić information content (AvgIpc) is 3.67. The minimum atomic E-state index is -0.678. The summed E-state index contributed by atoms with van der Waals surface area (Å²) >= 11 is 0. The number of hydrogen-bond acceptors (Lipinski definition) is 9. The summed E-state index contributed by atoms with van der Waals surface area (Å²) in [6.45, 7) is 10.3. The first kappa shape index (κ1) is 25.7. The molecule has 212 valence electrons. The van der Waals surface area contributed by atoms with Crippen LogP contribution in [0.5, 0.6) is 5.75 Å². The van der Waals surface area contributed by atoms with Gasteiger partial charge in [-0.25, -0.2) is 19.3 Å². The van der Waals surface area contributed by atoms with Gasteiger partial charge in [0.05, 0.1) is 6.54 Å². The number of allylic oxidation sites excluding steroid dienone is 1. The highest BCUT2D eigenvalue weighted by Crippen LogP contribution is 2.59. The summed E-state index contributed by atoms with van der Waals surface area (Å²) in [6.07, 6.45) is 5.77. The molecule has 11 nitrogen and oxygen atoms in total. The van der Waals surface area contributed by atoms with Gasteiger partial charge in [-0.1, -0.05) is 13.0 Å². The van der Waals surface area contributed by atoms with Crippen molar-refractivity contribution in [3.8, 4) is 11.6 Å². The Labute approximate surface area is 238 Å². The van der Waals surface area contributed by atoms with Gasteiger partial charge >= 0.3 is 0 Å². The van der Waals surface area contributed by atoms with Gasteiger partial charge in [0.1, 0.15) is 28.0 Å². The number of nitrogens with two attached hydrogens (primary N) is 1. The van der Waals surface area contributed by atoms with Crippen molar-refractivity contribution in [1.82, 2.24) is 29.2 Å². The van der Waals surface area contributed by atoms with Crippen LogP contribution in [-0.2, 0) is 12.1 Å². The van der Waals surface area contributed by atoms with Crippen molar-refractivity contribution in [3.05, 3.63) is 71.3 Å². The number of hydrogen-bond donors (Lipinski definition) is 2. The zero-order chi connectivity index (χ0) is 28.4. The minimum Gasteiger partial charge on any atom is -0.483 e. The maximum absolute atomic E-state index is 13.4. The molecule has 1 unspecified atom stereocenters. The molecule has 2 fully saturated rings. The van der Waals surface area contributed by atoms with Crippen LogP contribution in [0.1, 0.15) is 31.9 Å². The summed E-state index contributed by atoms with van der Waals surface area (Å²) in [5, 5.41) is 3.70. The number of nitrogens with one attached hydrogen (secondary N) is 1. The molecule has 3 aliphatic rings. The highest BCUT2D eigenvalue weighted by Gasteiger charge is 2.65. The maximum atomic E-state index is 13.4. The van der Waals surface area contributed by atoms with Crippen LogP contribution in [-0.4, -0.2) is 68.0 Å². The summed E-state index contributed by atoms with van der Waals surface area (Å²) in [6, 6.07) is 12.0. The number of pyridine rings is 1. The molecule has 3 aromatic heterocycles. The van der Waals surface area contributed by atoms with Crippen molar-refractivity contribution in [2.24, 2.45) is 5.73 Å². The fourth-order valence-corrected chi connectivity index (χ4v) is 6.18. The third-order valence-corrected chi connectivity index (χ3v) is 8.83. The highest BCUT2D eigenvalue weighted by atomic mass is 16.5. The molecule has 1 aromatic carbocycles. The first-order chi connectivity index (χ1) is 19.9. The third kappa shape index (κ3) is 4.02. The second-order valence-corrected chi connectivity index (χ2v) is 11.3. The molecule has 1 saturated carbocycles. The van der Waals surface area contributed by atoms with E-state index in [-0.39, 0.29) is 17.7 Å². The number of rotatable bonds is 7. The molecule has 5 heterocycles. The Hall–Kier alpha value is -4.22. The number of aromatic nitrogens is 5. The molecule has 1 spiro atoms. The van der Waals surface area contributed by atoms with Crippen LogP contribution < -0.4 is 26.2 Å². The van der Waals surface area contributed by atoms with E-state index in [1.165, 1.54) is 5.69 Å². The molecule has 1 saturated heterocycles. The van der Waals surface area contributed by atoms with Gasteiger partial charge in [0.2, 0.25) is 5.95 Å². The second kappa shape index (κ2) is 9.42. The average molecular weight is 554 g/mol. The smallest absolute Gasteiger partial charge is 0.278 e. The Bertz CT molecular complexity index is 1700. The largest absolute Gasteiger partial charge is 0.483 e. The van der Waals surface area contributed by atoms with E-state index in [2.05, 4.69) is 52.8 Å². The first-order valence-corrected chi connectivity index (χ1v) is 14.3. The predicted octanol–water partition coefficient (Wildman–Crippen LogP) is 3.15. The van der Waals surface area contributed by atoms with Crippen LogP contribution in [0, 0.1) is 0 Å². The Morgan fingerprint density at radius 1 is 1.10 bits per heavy atom. The van der Waals surface area contributed by atoms with Crippen LogP contribution in [0.3, 0.4) is 0 Å². The molecule has 41 heavy (non-hydrogen) atoms. The van der Waals surface area contributed by atoms with Crippen molar-refractivity contribution in [2.75, 3.05) is 43.4 Å². The summed E-state index contributed by atoms with van der Waals surface area (Å²) in [5.74, 6) is 1.64. The summed E-state index contributed by atoms with van der Waals surface area (Å²) < 4.78 is 9.59. The summed E-state index contributed by atoms with van der Waals surface area (Å²) in [7, 11) is 2.15. The number of benzene rings is 1. The van der Waals surface area contributed by atoms with Gasteiger partial charge in [0, 0.05) is 43.8 Å². The number of nitrogens with zero attached hydrogens (tertiary/aromatic N) is 7. The number of anilines is 3. The van der Waals surface area contributed by atoms with Gasteiger partial charge in [-0.15, -0.1) is 6.58 Å². The van der Waals surface area contributed by atoms with E-state index in [4.69, 9.17) is 20.4 Å². The standard InChI is InChI=1S/C30H35N9O2/c1-4-14-38-27(40)22-19-32-28(33-20-6-8-21(9-7-20)37-17-15-36(3)16-18-37)35-26(22)39(38)24-11-10-23-25(34-24)30(31,5-2)29(41-23)12-13-29/h4,6-11,19H,1,5,12-18,31H2,2-3H3,(H,32,33,35). The molecule has 3 N–H and O–H groups in total.